The van der Waals surface area contributed by atoms with Crippen molar-refractivity contribution in [3.8, 4) is 0 Å². The maximum atomic E-state index is 11.6. The summed E-state index contributed by atoms with van der Waals surface area (Å²) in [5, 5.41) is 10.6. The fraction of sp³-hybridized carbons (Fsp3) is 0.667. The van der Waals surface area contributed by atoms with Gasteiger partial charge in [0.25, 0.3) is 0 Å². The maximum absolute atomic E-state index is 11.6. The lowest BCUT2D eigenvalue weighted by molar-refractivity contribution is -0.126. The van der Waals surface area contributed by atoms with Gasteiger partial charge in [-0.15, -0.1) is 5.10 Å². The Morgan fingerprint density at radius 3 is 3.21 bits per heavy atom. The molecule has 1 aromatic heterocycles. The second-order valence-electron chi connectivity index (χ2n) is 4.03. The molecule has 1 unspecified atom stereocenters. The highest BCUT2D eigenvalue weighted by molar-refractivity contribution is 5.81. The molecule has 1 N–H and O–H groups in total. The normalized spacial score (nSPS) is 20.8. The smallest absolute Gasteiger partial charge is 0.245 e. The molecular formula is C9H14N4O. The molecular weight excluding hydrogens is 180 g/mol. The van der Waals surface area contributed by atoms with Crippen LogP contribution in [0.25, 0.3) is 0 Å². The number of hydrogen-bond acceptors (Lipinski definition) is 3. The van der Waals surface area contributed by atoms with Crippen molar-refractivity contribution in [1.82, 2.24) is 20.3 Å². The highest BCUT2D eigenvalue weighted by atomic mass is 16.2. The van der Waals surface area contributed by atoms with Crippen LogP contribution in [0.15, 0.2) is 6.20 Å². The molecule has 0 saturated carbocycles. The van der Waals surface area contributed by atoms with E-state index in [-0.39, 0.29) is 11.9 Å². The van der Waals surface area contributed by atoms with Crippen LogP contribution in [0, 0.1) is 5.92 Å². The summed E-state index contributed by atoms with van der Waals surface area (Å²) >= 11 is 0. The van der Waals surface area contributed by atoms with E-state index >= 15 is 0 Å². The van der Waals surface area contributed by atoms with E-state index < -0.39 is 0 Å². The van der Waals surface area contributed by atoms with Crippen molar-refractivity contribution in [3.63, 3.8) is 0 Å². The fourth-order valence-electron chi connectivity index (χ4n) is 1.71. The number of carbonyl (C=O) groups excluding carboxylic acids is 1. The second kappa shape index (κ2) is 3.40. The summed E-state index contributed by atoms with van der Waals surface area (Å²) in [5.74, 6) is 0.526. The molecule has 2 heterocycles. The van der Waals surface area contributed by atoms with Gasteiger partial charge in [0.15, 0.2) is 0 Å². The Morgan fingerprint density at radius 2 is 2.50 bits per heavy atom. The number of rotatable bonds is 2. The van der Waals surface area contributed by atoms with Gasteiger partial charge in [-0.25, -0.2) is 4.68 Å². The molecule has 0 fully saturated rings. The quantitative estimate of drug-likeness (QED) is 0.745. The SMILES string of the molecule is CC(C)CC1C(=O)NCc2cnnn21. The lowest BCUT2D eigenvalue weighted by Crippen LogP contribution is -2.39. The molecule has 1 amide bonds. The number of nitrogens with one attached hydrogen (secondary N) is 1. The third-order valence-electron chi connectivity index (χ3n) is 2.39. The van der Waals surface area contributed by atoms with E-state index in [1.165, 1.54) is 0 Å². The van der Waals surface area contributed by atoms with E-state index in [2.05, 4.69) is 29.5 Å². The predicted octanol–water partition coefficient (Wildman–Crippen LogP) is 0.495. The highest BCUT2D eigenvalue weighted by Gasteiger charge is 2.28. The molecule has 2 rings (SSSR count). The number of hydrogen-bond donors (Lipinski definition) is 1. The van der Waals surface area contributed by atoms with Gasteiger partial charge >= 0.3 is 0 Å². The molecule has 1 aliphatic heterocycles. The van der Waals surface area contributed by atoms with Crippen LogP contribution in [0.2, 0.25) is 0 Å². The van der Waals surface area contributed by atoms with E-state index in [0.29, 0.717) is 12.5 Å². The fourth-order valence-corrected chi connectivity index (χ4v) is 1.71. The van der Waals surface area contributed by atoms with Gasteiger partial charge in [0.05, 0.1) is 18.4 Å². The van der Waals surface area contributed by atoms with Gasteiger partial charge in [-0.2, -0.15) is 0 Å². The standard InChI is InChI=1S/C9H14N4O/c1-6(2)3-8-9(14)10-4-7-5-11-12-13(7)8/h5-6,8H,3-4H2,1-2H3,(H,10,14). The second-order valence-corrected chi connectivity index (χ2v) is 4.03. The average molecular weight is 194 g/mol. The Bertz CT molecular complexity index is 344. The summed E-state index contributed by atoms with van der Waals surface area (Å²) in [6.07, 6.45) is 2.51. The van der Waals surface area contributed by atoms with Crippen LogP contribution in [0.4, 0.5) is 0 Å². The number of nitrogens with zero attached hydrogens (tertiary/aromatic N) is 3. The van der Waals surface area contributed by atoms with E-state index in [1.807, 2.05) is 0 Å². The zero-order chi connectivity index (χ0) is 10.1. The monoisotopic (exact) mass is 194 g/mol. The number of fused-ring (bicyclic) bond motifs is 1. The molecule has 76 valence electrons. The van der Waals surface area contributed by atoms with Crippen molar-refractivity contribution in [3.05, 3.63) is 11.9 Å². The topological polar surface area (TPSA) is 59.8 Å². The van der Waals surface area contributed by atoms with Crippen LogP contribution >= 0.6 is 0 Å². The molecule has 1 aliphatic rings. The van der Waals surface area contributed by atoms with Gasteiger partial charge in [-0.3, -0.25) is 4.79 Å². The number of aromatic nitrogens is 3. The molecule has 0 aliphatic carbocycles. The molecule has 0 aromatic carbocycles. The summed E-state index contributed by atoms with van der Waals surface area (Å²) in [6, 6.07) is -0.179. The van der Waals surface area contributed by atoms with Crippen LogP contribution in [-0.2, 0) is 11.3 Å². The molecule has 0 bridgehead atoms. The van der Waals surface area contributed by atoms with Gasteiger partial charge in [0, 0.05) is 0 Å². The molecule has 0 saturated heterocycles. The zero-order valence-electron chi connectivity index (χ0n) is 8.40. The number of carbonyl (C=O) groups is 1. The summed E-state index contributed by atoms with van der Waals surface area (Å²) in [5.41, 5.74) is 0.982. The summed E-state index contributed by atoms with van der Waals surface area (Å²) in [6.45, 7) is 4.73. The molecule has 5 nitrogen and oxygen atoms in total. The van der Waals surface area contributed by atoms with Crippen LogP contribution in [0.5, 0.6) is 0 Å². The molecule has 5 heteroatoms. The first kappa shape index (κ1) is 9.18. The average Bonchev–Trinajstić information content (AvgIpc) is 2.57. The lowest BCUT2D eigenvalue weighted by Gasteiger charge is -2.24. The third kappa shape index (κ3) is 1.49. The van der Waals surface area contributed by atoms with Gasteiger partial charge < -0.3 is 5.32 Å². The van der Waals surface area contributed by atoms with E-state index in [9.17, 15) is 4.79 Å². The van der Waals surface area contributed by atoms with Crippen molar-refractivity contribution < 1.29 is 4.79 Å². The van der Waals surface area contributed by atoms with Gasteiger partial charge in [0.1, 0.15) is 6.04 Å². The molecule has 1 atom stereocenters. The van der Waals surface area contributed by atoms with Crippen molar-refractivity contribution in [1.29, 1.82) is 0 Å². The predicted molar refractivity (Wildman–Crippen MR) is 50.4 cm³/mol. The lowest BCUT2D eigenvalue weighted by atomic mass is 10.0. The van der Waals surface area contributed by atoms with Crippen LogP contribution in [-0.4, -0.2) is 20.9 Å². The van der Waals surface area contributed by atoms with Gasteiger partial charge in [-0.05, 0) is 12.3 Å². The molecule has 0 spiro atoms. The van der Waals surface area contributed by atoms with E-state index in [4.69, 9.17) is 0 Å². The van der Waals surface area contributed by atoms with Crippen molar-refractivity contribution >= 4 is 5.91 Å². The van der Waals surface area contributed by atoms with E-state index in [1.54, 1.807) is 10.9 Å². The zero-order valence-corrected chi connectivity index (χ0v) is 8.40. The third-order valence-corrected chi connectivity index (χ3v) is 2.39. The molecule has 14 heavy (non-hydrogen) atoms. The van der Waals surface area contributed by atoms with Crippen molar-refractivity contribution in [2.24, 2.45) is 5.92 Å². The molecule has 0 radical (unpaired) electrons. The first-order valence-corrected chi connectivity index (χ1v) is 4.85. The summed E-state index contributed by atoms with van der Waals surface area (Å²) in [4.78, 5) is 11.6. The minimum absolute atomic E-state index is 0.0525. The van der Waals surface area contributed by atoms with Crippen LogP contribution < -0.4 is 5.32 Å². The van der Waals surface area contributed by atoms with Crippen LogP contribution in [0.1, 0.15) is 32.0 Å². The van der Waals surface area contributed by atoms with E-state index in [0.717, 1.165) is 12.1 Å². The Kier molecular flexibility index (Phi) is 2.23. The molecule has 1 aromatic rings. The Hall–Kier alpha value is -1.39. The minimum atomic E-state index is -0.179. The highest BCUT2D eigenvalue weighted by Crippen LogP contribution is 2.21. The minimum Gasteiger partial charge on any atom is -0.349 e. The first-order valence-electron chi connectivity index (χ1n) is 4.85. The number of amides is 1. The maximum Gasteiger partial charge on any atom is 0.245 e. The summed E-state index contributed by atoms with van der Waals surface area (Å²) in [7, 11) is 0. The van der Waals surface area contributed by atoms with Crippen molar-refractivity contribution in [2.45, 2.75) is 32.9 Å². The van der Waals surface area contributed by atoms with Gasteiger partial charge in [-0.1, -0.05) is 19.1 Å². The Balaban J connectivity index is 2.27. The van der Waals surface area contributed by atoms with Crippen LogP contribution in [0.3, 0.4) is 0 Å². The largest absolute Gasteiger partial charge is 0.349 e. The van der Waals surface area contributed by atoms with Crippen molar-refractivity contribution in [2.75, 3.05) is 0 Å². The summed E-state index contributed by atoms with van der Waals surface area (Å²) < 4.78 is 1.73. The Labute approximate surface area is 82.5 Å². The first-order chi connectivity index (χ1) is 6.68. The van der Waals surface area contributed by atoms with Gasteiger partial charge in [0.2, 0.25) is 5.91 Å². The Morgan fingerprint density at radius 1 is 1.71 bits per heavy atom.